The highest BCUT2D eigenvalue weighted by molar-refractivity contribution is 7.95. The number of carboxylic acid groups (broad SMARTS) is 3. The summed E-state index contributed by atoms with van der Waals surface area (Å²) >= 11 is 0. The Bertz CT molecular complexity index is 827. The van der Waals surface area contributed by atoms with Crippen LogP contribution in [0.3, 0.4) is 0 Å². The number of hydrogen-bond acceptors (Lipinski definition) is 4. The fourth-order valence-electron chi connectivity index (χ4n) is 3.04. The fourth-order valence-corrected chi connectivity index (χ4v) is 7.08. The number of aliphatic carboxylic acids is 3. The molecule has 6 nitrogen and oxygen atoms in total. The van der Waals surface area contributed by atoms with Crippen molar-refractivity contribution in [3.05, 3.63) is 91.0 Å². The molecule has 0 aliphatic heterocycles. The largest absolute Gasteiger partial charge is 0.550 e. The molecule has 2 N–H and O–H groups in total. The van der Waals surface area contributed by atoms with Gasteiger partial charge >= 0.3 is 0 Å². The van der Waals surface area contributed by atoms with Crippen LogP contribution in [0.2, 0.25) is 0 Å². The molecule has 0 amide bonds. The minimum absolute atomic E-state index is 0. The zero-order valence-corrected chi connectivity index (χ0v) is 22.4. The summed E-state index contributed by atoms with van der Waals surface area (Å²) in [5, 5.41) is 28.1. The highest BCUT2D eigenvalue weighted by atomic mass is 31.2. The lowest BCUT2D eigenvalue weighted by atomic mass is 10.4. The van der Waals surface area contributed by atoms with Gasteiger partial charge < -0.3 is 20.1 Å². The van der Waals surface area contributed by atoms with Crippen LogP contribution in [-0.2, 0) is 14.4 Å². The third-order valence-electron chi connectivity index (χ3n) is 4.07. The molecule has 0 aliphatic rings. The fraction of sp³-hybridized carbons (Fsp3) is 0.192. The predicted molar refractivity (Wildman–Crippen MR) is 144 cm³/mol. The molecule has 3 rings (SSSR count). The lowest BCUT2D eigenvalue weighted by molar-refractivity contribution is -0.302. The van der Waals surface area contributed by atoms with E-state index in [1.165, 1.54) is 15.9 Å². The number of benzene rings is 3. The van der Waals surface area contributed by atoms with Crippen LogP contribution >= 0.6 is 17.2 Å². The molecule has 0 aromatic heterocycles. The van der Waals surface area contributed by atoms with Crippen molar-refractivity contribution in [2.75, 3.05) is 6.16 Å². The van der Waals surface area contributed by atoms with Gasteiger partial charge in [-0.05, 0) is 50.2 Å². The summed E-state index contributed by atoms with van der Waals surface area (Å²) in [7, 11) is -1.53. The first-order valence-electron chi connectivity index (χ1n) is 10.2. The maximum Gasteiger partial charge on any atom is 0.300 e. The molecular weight excluding hydrogens is 470 g/mol. The molecule has 0 saturated carbocycles. The van der Waals surface area contributed by atoms with Crippen LogP contribution in [0.5, 0.6) is 0 Å². The summed E-state index contributed by atoms with van der Waals surface area (Å²) in [5.74, 6) is -2.75. The van der Waals surface area contributed by atoms with Gasteiger partial charge in [0.15, 0.2) is 0 Å². The Balaban J connectivity index is 0. The highest BCUT2D eigenvalue weighted by Crippen LogP contribution is 2.54. The van der Waals surface area contributed by atoms with Crippen molar-refractivity contribution < 1.29 is 29.7 Å². The van der Waals surface area contributed by atoms with E-state index in [9.17, 15) is 0 Å². The second-order valence-corrected chi connectivity index (χ2v) is 10.5. The Labute approximate surface area is 205 Å². The zero-order chi connectivity index (χ0) is 25.3. The van der Waals surface area contributed by atoms with Crippen LogP contribution in [0.25, 0.3) is 0 Å². The molecule has 3 aromatic carbocycles. The molecule has 8 heteroatoms. The Morgan fingerprint density at radius 3 is 0.971 bits per heavy atom. The first-order chi connectivity index (χ1) is 15.6. The number of hydrogen-bond donors (Lipinski definition) is 2. The van der Waals surface area contributed by atoms with E-state index in [0.29, 0.717) is 0 Å². The van der Waals surface area contributed by atoms with E-state index >= 15 is 0 Å². The van der Waals surface area contributed by atoms with E-state index in [1.54, 1.807) is 0 Å². The first-order valence-corrected chi connectivity index (χ1v) is 12.2. The van der Waals surface area contributed by atoms with E-state index in [-0.39, 0.29) is 9.90 Å². The smallest absolute Gasteiger partial charge is 0.300 e. The van der Waals surface area contributed by atoms with Crippen molar-refractivity contribution in [2.45, 2.75) is 27.7 Å². The number of carboxylic acids is 3. The normalized spacial score (nSPS) is 9.18. The summed E-state index contributed by atoms with van der Waals surface area (Å²) in [5.41, 5.74) is 0. The molecule has 0 aliphatic carbocycles. The van der Waals surface area contributed by atoms with Gasteiger partial charge in [-0.1, -0.05) is 54.6 Å². The maximum absolute atomic E-state index is 9.00. The minimum atomic E-state index is -1.53. The number of rotatable bonds is 4. The molecule has 1 atom stereocenters. The van der Waals surface area contributed by atoms with Crippen molar-refractivity contribution >= 4 is 51.0 Å². The zero-order valence-electron chi connectivity index (χ0n) is 20.0. The van der Waals surface area contributed by atoms with Crippen molar-refractivity contribution in [2.24, 2.45) is 0 Å². The van der Waals surface area contributed by atoms with E-state index < -0.39 is 25.2 Å². The Morgan fingerprint density at radius 1 is 0.647 bits per heavy atom. The molecule has 3 aromatic rings. The summed E-state index contributed by atoms with van der Waals surface area (Å²) in [6.45, 7) is 5.46. The molecular formula is C26H34O6P2. The van der Waals surface area contributed by atoms with Gasteiger partial charge in [-0.15, -0.1) is 0 Å². The molecule has 0 fully saturated rings. The molecule has 0 heterocycles. The molecule has 0 spiro atoms. The predicted octanol–water partition coefficient (Wildman–Crippen LogP) is 3.00. The SMILES string of the molecule is CC(=O)O.CC(=O)O.CC(=O)[O-].CC[P+](c1ccccc1)(c1ccccc1)c1ccccc1.P. The highest BCUT2D eigenvalue weighted by Gasteiger charge is 2.43. The first kappa shape index (κ1) is 33.1. The van der Waals surface area contributed by atoms with Gasteiger partial charge in [-0.25, -0.2) is 0 Å². The average molecular weight is 505 g/mol. The van der Waals surface area contributed by atoms with Crippen molar-refractivity contribution in [3.8, 4) is 0 Å². The second-order valence-electron chi connectivity index (χ2n) is 6.66. The quantitative estimate of drug-likeness (QED) is 0.528. The number of carbonyl (C=O) groups is 3. The van der Waals surface area contributed by atoms with Crippen molar-refractivity contribution in [3.63, 3.8) is 0 Å². The van der Waals surface area contributed by atoms with Gasteiger partial charge in [0, 0.05) is 19.8 Å². The number of carbonyl (C=O) groups excluding carboxylic acids is 1. The maximum atomic E-state index is 9.00. The van der Waals surface area contributed by atoms with Crippen molar-refractivity contribution in [1.82, 2.24) is 0 Å². The van der Waals surface area contributed by atoms with Gasteiger partial charge in [0.05, 0.1) is 6.16 Å². The second kappa shape index (κ2) is 18.4. The third kappa shape index (κ3) is 12.8. The topological polar surface area (TPSA) is 115 Å². The van der Waals surface area contributed by atoms with Crippen molar-refractivity contribution in [1.29, 1.82) is 0 Å². The average Bonchev–Trinajstić information content (AvgIpc) is 2.76. The summed E-state index contributed by atoms with van der Waals surface area (Å²) in [6.07, 6.45) is 1.14. The van der Waals surface area contributed by atoms with E-state index in [0.717, 1.165) is 26.9 Å². The van der Waals surface area contributed by atoms with Gasteiger partial charge in [-0.2, -0.15) is 9.90 Å². The molecule has 34 heavy (non-hydrogen) atoms. The summed E-state index contributed by atoms with van der Waals surface area (Å²) in [4.78, 5) is 26.9. The van der Waals surface area contributed by atoms with E-state index in [2.05, 4.69) is 97.9 Å². The summed E-state index contributed by atoms with van der Waals surface area (Å²) in [6, 6.07) is 33.0. The molecule has 184 valence electrons. The van der Waals surface area contributed by atoms with Crippen LogP contribution in [0.15, 0.2) is 91.0 Å². The summed E-state index contributed by atoms with van der Waals surface area (Å²) < 4.78 is 0. The molecule has 0 saturated heterocycles. The van der Waals surface area contributed by atoms with Crippen LogP contribution in [0, 0.1) is 0 Å². The molecule has 0 bridgehead atoms. The monoisotopic (exact) mass is 504 g/mol. The molecule has 0 radical (unpaired) electrons. The third-order valence-corrected chi connectivity index (χ3v) is 8.55. The van der Waals surface area contributed by atoms with E-state index in [1.807, 2.05) is 0 Å². The van der Waals surface area contributed by atoms with E-state index in [4.69, 9.17) is 29.7 Å². The van der Waals surface area contributed by atoms with Gasteiger partial charge in [0.1, 0.15) is 23.2 Å². The van der Waals surface area contributed by atoms with Gasteiger partial charge in [0.25, 0.3) is 11.9 Å². The lowest BCUT2D eigenvalue weighted by Gasteiger charge is -2.26. The van der Waals surface area contributed by atoms with Crippen LogP contribution < -0.4 is 21.0 Å². The Morgan fingerprint density at radius 2 is 0.824 bits per heavy atom. The Kier molecular flexibility index (Phi) is 17.9. The standard InChI is InChI=1S/C20H20P.3C2H4O2.H3P/c1-2-21(18-12-6-3-7-13-18,19-14-8-4-9-15-19)20-16-10-5-11-17-20;3*1-2(3)4;/h3-17H,2H2,1H3;3*1H3,(H,3,4);1H3/q+1;;;;/p-1. The van der Waals surface area contributed by atoms with Crippen LogP contribution in [-0.4, -0.2) is 34.3 Å². The van der Waals surface area contributed by atoms with Gasteiger partial charge in [-0.3, -0.25) is 9.59 Å². The molecule has 1 unspecified atom stereocenters. The van der Waals surface area contributed by atoms with Gasteiger partial charge in [0.2, 0.25) is 0 Å². The van der Waals surface area contributed by atoms with Crippen LogP contribution in [0.4, 0.5) is 0 Å². The van der Waals surface area contributed by atoms with Crippen LogP contribution in [0.1, 0.15) is 27.7 Å². The Hall–Kier alpha value is -3.07. The lowest BCUT2D eigenvalue weighted by Crippen LogP contribution is -2.32. The minimum Gasteiger partial charge on any atom is -0.550 e.